The molecule has 98 valence electrons. The van der Waals surface area contributed by atoms with Crippen LogP contribution in [0.3, 0.4) is 0 Å². The number of H-pyrrole nitrogens is 1. The molecule has 0 aromatic carbocycles. The van der Waals surface area contributed by atoms with Crippen LogP contribution in [0.1, 0.15) is 6.42 Å². The molecule has 0 aliphatic rings. The number of aryl methyl sites for hydroxylation is 1. The van der Waals surface area contributed by atoms with Crippen LogP contribution in [0.25, 0.3) is 10.7 Å². The molecule has 0 bridgehead atoms. The highest BCUT2D eigenvalue weighted by Gasteiger charge is 2.06. The number of aromatic nitrogens is 5. The molecule has 0 saturated carbocycles. The Kier molecular flexibility index (Phi) is 3.95. The molecular weight excluding hydrogens is 278 g/mol. The third-order valence-corrected chi connectivity index (χ3v) is 4.38. The van der Waals surface area contributed by atoms with E-state index in [0.717, 1.165) is 34.6 Å². The largest absolute Gasteiger partial charge is 0.337 e. The minimum atomic E-state index is 0.814. The lowest BCUT2D eigenvalue weighted by atomic mass is 10.4. The predicted molar refractivity (Wildman–Crippen MR) is 77.3 cm³/mol. The Hall–Kier alpha value is -1.60. The summed E-state index contributed by atoms with van der Waals surface area (Å²) >= 11 is 3.34. The summed E-state index contributed by atoms with van der Waals surface area (Å²) in [6.45, 7) is 0.981. The maximum Gasteiger partial charge on any atom is 0.208 e. The van der Waals surface area contributed by atoms with Crippen molar-refractivity contribution in [1.29, 1.82) is 0 Å². The van der Waals surface area contributed by atoms with Gasteiger partial charge in [-0.25, -0.2) is 9.97 Å². The highest BCUT2D eigenvalue weighted by Crippen LogP contribution is 2.23. The van der Waals surface area contributed by atoms with Crippen LogP contribution in [0, 0.1) is 0 Å². The van der Waals surface area contributed by atoms with E-state index in [1.807, 2.05) is 30.0 Å². The van der Waals surface area contributed by atoms with Crippen molar-refractivity contribution in [3.8, 4) is 10.7 Å². The van der Waals surface area contributed by atoms with E-state index in [-0.39, 0.29) is 0 Å². The number of rotatable bonds is 6. The molecule has 1 N–H and O–H groups in total. The summed E-state index contributed by atoms with van der Waals surface area (Å²) in [5.41, 5.74) is 0. The molecule has 7 heteroatoms. The van der Waals surface area contributed by atoms with Gasteiger partial charge in [0.15, 0.2) is 5.82 Å². The summed E-state index contributed by atoms with van der Waals surface area (Å²) in [5.74, 6) is 1.85. The van der Waals surface area contributed by atoms with Gasteiger partial charge < -0.3 is 4.57 Å². The van der Waals surface area contributed by atoms with Gasteiger partial charge in [-0.2, -0.15) is 0 Å². The van der Waals surface area contributed by atoms with E-state index in [1.165, 1.54) is 0 Å². The van der Waals surface area contributed by atoms with Gasteiger partial charge in [0, 0.05) is 24.7 Å². The zero-order valence-corrected chi connectivity index (χ0v) is 11.8. The smallest absolute Gasteiger partial charge is 0.208 e. The van der Waals surface area contributed by atoms with Gasteiger partial charge in [0.2, 0.25) is 5.16 Å². The van der Waals surface area contributed by atoms with Crippen molar-refractivity contribution in [2.75, 3.05) is 5.75 Å². The molecule has 0 fully saturated rings. The zero-order chi connectivity index (χ0) is 12.9. The topological polar surface area (TPSA) is 59.4 Å². The molecule has 3 heterocycles. The number of thiophene rings is 1. The molecule has 3 aromatic heterocycles. The molecular formula is C12H13N5S2. The van der Waals surface area contributed by atoms with Gasteiger partial charge in [0.25, 0.3) is 0 Å². The first-order valence-electron chi connectivity index (χ1n) is 5.96. The van der Waals surface area contributed by atoms with Gasteiger partial charge in [-0.3, -0.25) is 5.10 Å². The second-order valence-corrected chi connectivity index (χ2v) is 5.96. The SMILES string of the molecule is c1csc(-c2nc(SCCCn3ccnc3)n[nH]2)c1. The van der Waals surface area contributed by atoms with Crippen molar-refractivity contribution in [3.05, 3.63) is 36.2 Å². The van der Waals surface area contributed by atoms with E-state index >= 15 is 0 Å². The molecule has 0 spiro atoms. The van der Waals surface area contributed by atoms with E-state index in [0.29, 0.717) is 0 Å². The monoisotopic (exact) mass is 291 g/mol. The van der Waals surface area contributed by atoms with E-state index in [2.05, 4.69) is 24.7 Å². The van der Waals surface area contributed by atoms with Gasteiger partial charge in [-0.1, -0.05) is 17.8 Å². The van der Waals surface area contributed by atoms with Crippen molar-refractivity contribution in [1.82, 2.24) is 24.7 Å². The summed E-state index contributed by atoms with van der Waals surface area (Å²) in [6, 6.07) is 4.05. The van der Waals surface area contributed by atoms with Crippen LogP contribution in [-0.4, -0.2) is 30.5 Å². The summed E-state index contributed by atoms with van der Waals surface area (Å²) in [5, 5.41) is 10.0. The Balaban J connectivity index is 1.48. The molecule has 0 aliphatic carbocycles. The number of thioether (sulfide) groups is 1. The first kappa shape index (κ1) is 12.4. The molecule has 0 radical (unpaired) electrons. The fourth-order valence-corrected chi connectivity index (χ4v) is 3.05. The van der Waals surface area contributed by atoms with Gasteiger partial charge in [0.05, 0.1) is 11.2 Å². The quantitative estimate of drug-likeness (QED) is 0.560. The standard InChI is InChI=1S/C12H13N5S2/c1-3-10(18-7-1)11-14-12(16-15-11)19-8-2-5-17-6-4-13-9-17/h1,3-4,6-7,9H,2,5,8H2,(H,14,15,16). The Morgan fingerprint density at radius 1 is 1.42 bits per heavy atom. The van der Waals surface area contributed by atoms with Crippen molar-refractivity contribution in [2.24, 2.45) is 0 Å². The Morgan fingerprint density at radius 2 is 2.42 bits per heavy atom. The number of nitrogens with one attached hydrogen (secondary N) is 1. The van der Waals surface area contributed by atoms with Gasteiger partial charge in [0.1, 0.15) is 0 Å². The Labute approximate surface area is 119 Å². The third-order valence-electron chi connectivity index (χ3n) is 2.57. The van der Waals surface area contributed by atoms with Crippen LogP contribution in [0.2, 0.25) is 0 Å². The summed E-state index contributed by atoms with van der Waals surface area (Å²) in [4.78, 5) is 9.62. The average molecular weight is 291 g/mol. The summed E-state index contributed by atoms with van der Waals surface area (Å²) < 4.78 is 2.08. The van der Waals surface area contributed by atoms with E-state index in [1.54, 1.807) is 29.3 Å². The predicted octanol–water partition coefficient (Wildman–Crippen LogP) is 2.91. The van der Waals surface area contributed by atoms with Crippen molar-refractivity contribution >= 4 is 23.1 Å². The molecule has 0 saturated heterocycles. The summed E-state index contributed by atoms with van der Waals surface area (Å²) in [6.07, 6.45) is 6.69. The van der Waals surface area contributed by atoms with E-state index in [4.69, 9.17) is 0 Å². The van der Waals surface area contributed by atoms with Crippen LogP contribution in [0.15, 0.2) is 41.4 Å². The highest BCUT2D eigenvalue weighted by atomic mass is 32.2. The first-order chi connectivity index (χ1) is 9.42. The third kappa shape index (κ3) is 3.24. The van der Waals surface area contributed by atoms with Crippen LogP contribution in [0.4, 0.5) is 0 Å². The van der Waals surface area contributed by atoms with Crippen molar-refractivity contribution < 1.29 is 0 Å². The highest BCUT2D eigenvalue weighted by molar-refractivity contribution is 7.99. The van der Waals surface area contributed by atoms with Gasteiger partial charge >= 0.3 is 0 Å². The second kappa shape index (κ2) is 6.03. The van der Waals surface area contributed by atoms with E-state index < -0.39 is 0 Å². The number of hydrogen-bond donors (Lipinski definition) is 1. The van der Waals surface area contributed by atoms with Crippen molar-refractivity contribution in [2.45, 2.75) is 18.1 Å². The fourth-order valence-electron chi connectivity index (χ4n) is 1.66. The first-order valence-corrected chi connectivity index (χ1v) is 7.83. The lowest BCUT2D eigenvalue weighted by molar-refractivity contribution is 0.683. The molecule has 3 aromatic rings. The molecule has 0 amide bonds. The van der Waals surface area contributed by atoms with Gasteiger partial charge in [-0.05, 0) is 17.9 Å². The maximum atomic E-state index is 4.47. The molecule has 19 heavy (non-hydrogen) atoms. The zero-order valence-electron chi connectivity index (χ0n) is 10.2. The normalized spacial score (nSPS) is 10.9. The Morgan fingerprint density at radius 3 is 3.21 bits per heavy atom. The number of imidazole rings is 1. The summed E-state index contributed by atoms with van der Waals surface area (Å²) in [7, 11) is 0. The number of nitrogens with zero attached hydrogens (tertiary/aromatic N) is 4. The minimum absolute atomic E-state index is 0.814. The lowest BCUT2D eigenvalue weighted by Gasteiger charge is -1.99. The lowest BCUT2D eigenvalue weighted by Crippen LogP contribution is -1.95. The second-order valence-electron chi connectivity index (χ2n) is 3.95. The average Bonchev–Trinajstić information content (AvgIpc) is 3.15. The fraction of sp³-hybridized carbons (Fsp3) is 0.250. The van der Waals surface area contributed by atoms with Gasteiger partial charge in [-0.15, -0.1) is 16.4 Å². The molecule has 0 unspecified atom stereocenters. The molecule has 3 rings (SSSR count). The van der Waals surface area contributed by atoms with Crippen LogP contribution < -0.4 is 0 Å². The maximum absolute atomic E-state index is 4.47. The minimum Gasteiger partial charge on any atom is -0.337 e. The van der Waals surface area contributed by atoms with Crippen molar-refractivity contribution in [3.63, 3.8) is 0 Å². The van der Waals surface area contributed by atoms with E-state index in [9.17, 15) is 0 Å². The van der Waals surface area contributed by atoms with Crippen LogP contribution in [0.5, 0.6) is 0 Å². The van der Waals surface area contributed by atoms with Crippen LogP contribution in [-0.2, 0) is 6.54 Å². The molecule has 0 atom stereocenters. The number of aromatic amines is 1. The number of hydrogen-bond acceptors (Lipinski definition) is 5. The molecule has 5 nitrogen and oxygen atoms in total. The Bertz CT molecular complexity index is 600. The molecule has 0 aliphatic heterocycles. The van der Waals surface area contributed by atoms with Crippen LogP contribution >= 0.6 is 23.1 Å².